The van der Waals surface area contributed by atoms with Crippen molar-refractivity contribution in [2.45, 2.75) is 11.8 Å². The van der Waals surface area contributed by atoms with Crippen LogP contribution in [0.15, 0.2) is 12.7 Å². The molecule has 3 heteroatoms. The number of alkyl halides is 1. The van der Waals surface area contributed by atoms with E-state index in [0.29, 0.717) is 6.42 Å². The third-order valence-electron chi connectivity index (χ3n) is 0.831. The molecule has 52 valence electrons. The van der Waals surface area contributed by atoms with Crippen molar-refractivity contribution in [2.24, 2.45) is 0 Å². The van der Waals surface area contributed by atoms with Gasteiger partial charge in [-0.3, -0.25) is 4.79 Å². The van der Waals surface area contributed by atoms with Gasteiger partial charge in [0, 0.05) is 0 Å². The highest BCUT2D eigenvalue weighted by Crippen LogP contribution is 2.03. The monoisotopic (exact) mass is 148 g/mol. The Bertz CT molecular complexity index is 112. The van der Waals surface area contributed by atoms with E-state index in [1.54, 1.807) is 6.08 Å². The van der Waals surface area contributed by atoms with Crippen LogP contribution in [0.2, 0.25) is 0 Å². The van der Waals surface area contributed by atoms with Crippen LogP contribution in [0, 0.1) is 0 Å². The van der Waals surface area contributed by atoms with Crippen molar-refractivity contribution in [1.82, 2.24) is 0 Å². The molecule has 0 saturated carbocycles. The maximum absolute atomic E-state index is 10.5. The van der Waals surface area contributed by atoms with Crippen LogP contribution in [-0.4, -0.2) is 18.5 Å². The van der Waals surface area contributed by atoms with Crippen molar-refractivity contribution >= 4 is 17.6 Å². The lowest BCUT2D eigenvalue weighted by Gasteiger charge is -2.01. The average Bonchev–Trinajstić information content (AvgIpc) is 1.87. The molecule has 0 aliphatic rings. The Morgan fingerprint density at radius 2 is 2.56 bits per heavy atom. The van der Waals surface area contributed by atoms with E-state index in [9.17, 15) is 4.79 Å². The molecule has 0 amide bonds. The van der Waals surface area contributed by atoms with Gasteiger partial charge in [0.15, 0.2) is 0 Å². The molecule has 0 aliphatic heterocycles. The number of carbonyl (C=O) groups is 1. The molecule has 0 bridgehead atoms. The first-order valence-corrected chi connectivity index (χ1v) is 2.98. The summed E-state index contributed by atoms with van der Waals surface area (Å²) in [5.74, 6) is -0.406. The van der Waals surface area contributed by atoms with Gasteiger partial charge >= 0.3 is 5.97 Å². The van der Waals surface area contributed by atoms with Crippen LogP contribution in [0.4, 0.5) is 0 Å². The Labute approximate surface area is 59.5 Å². The van der Waals surface area contributed by atoms with Gasteiger partial charge < -0.3 is 4.74 Å². The van der Waals surface area contributed by atoms with E-state index in [4.69, 9.17) is 11.6 Å². The quantitative estimate of drug-likeness (QED) is 0.343. The Balaban J connectivity index is 3.58. The van der Waals surface area contributed by atoms with Crippen LogP contribution >= 0.6 is 11.6 Å². The van der Waals surface area contributed by atoms with E-state index in [0.717, 1.165) is 0 Å². The van der Waals surface area contributed by atoms with E-state index in [-0.39, 0.29) is 0 Å². The molecular formula is C6H9ClO2. The minimum atomic E-state index is -0.576. The third kappa shape index (κ3) is 3.14. The smallest absolute Gasteiger partial charge is 0.324 e. The van der Waals surface area contributed by atoms with E-state index in [1.165, 1.54) is 7.11 Å². The van der Waals surface area contributed by atoms with Gasteiger partial charge in [-0.2, -0.15) is 0 Å². The molecule has 0 aliphatic carbocycles. The lowest BCUT2D eigenvalue weighted by atomic mass is 10.3. The highest BCUT2D eigenvalue weighted by Gasteiger charge is 2.12. The second-order valence-corrected chi connectivity index (χ2v) is 2.04. The molecule has 0 unspecified atom stereocenters. The summed E-state index contributed by atoms with van der Waals surface area (Å²) in [6, 6.07) is 0. The summed E-state index contributed by atoms with van der Waals surface area (Å²) in [7, 11) is 1.31. The third-order valence-corrected chi connectivity index (χ3v) is 1.19. The average molecular weight is 149 g/mol. The van der Waals surface area contributed by atoms with E-state index >= 15 is 0 Å². The van der Waals surface area contributed by atoms with E-state index in [1.807, 2.05) is 0 Å². The first-order valence-electron chi connectivity index (χ1n) is 2.55. The van der Waals surface area contributed by atoms with E-state index < -0.39 is 11.3 Å². The van der Waals surface area contributed by atoms with Gasteiger partial charge in [-0.1, -0.05) is 6.08 Å². The highest BCUT2D eigenvalue weighted by molar-refractivity contribution is 6.29. The Morgan fingerprint density at radius 3 is 2.89 bits per heavy atom. The predicted octanol–water partition coefficient (Wildman–Crippen LogP) is 1.34. The molecule has 0 rings (SSSR count). The van der Waals surface area contributed by atoms with Crippen molar-refractivity contribution in [3.05, 3.63) is 12.7 Å². The van der Waals surface area contributed by atoms with Crippen LogP contribution in [-0.2, 0) is 9.53 Å². The van der Waals surface area contributed by atoms with Crippen LogP contribution in [0.5, 0.6) is 0 Å². The minimum absolute atomic E-state index is 0.406. The van der Waals surface area contributed by atoms with E-state index in [2.05, 4.69) is 11.3 Å². The number of methoxy groups -OCH3 is 1. The molecule has 2 nitrogen and oxygen atoms in total. The van der Waals surface area contributed by atoms with Crippen LogP contribution in [0.3, 0.4) is 0 Å². The van der Waals surface area contributed by atoms with Crippen LogP contribution in [0.1, 0.15) is 6.42 Å². The number of hydrogen-bond donors (Lipinski definition) is 0. The first-order chi connectivity index (χ1) is 4.22. The van der Waals surface area contributed by atoms with Gasteiger partial charge in [-0.05, 0) is 6.42 Å². The summed E-state index contributed by atoms with van der Waals surface area (Å²) in [5, 5.41) is -0.576. The highest BCUT2D eigenvalue weighted by atomic mass is 35.5. The summed E-state index contributed by atoms with van der Waals surface area (Å²) in [4.78, 5) is 10.5. The number of hydrogen-bond acceptors (Lipinski definition) is 2. The number of ether oxygens (including phenoxy) is 1. The Hall–Kier alpha value is -0.500. The molecule has 0 fully saturated rings. The largest absolute Gasteiger partial charge is 0.468 e. The lowest BCUT2D eigenvalue weighted by Crippen LogP contribution is -2.14. The predicted molar refractivity (Wildman–Crippen MR) is 36.5 cm³/mol. The zero-order valence-corrected chi connectivity index (χ0v) is 6.02. The number of rotatable bonds is 3. The zero-order valence-electron chi connectivity index (χ0n) is 5.26. The van der Waals surface area contributed by atoms with Crippen molar-refractivity contribution in [1.29, 1.82) is 0 Å². The van der Waals surface area contributed by atoms with Gasteiger partial charge in [0.25, 0.3) is 0 Å². The second kappa shape index (κ2) is 4.39. The fourth-order valence-electron chi connectivity index (χ4n) is 0.370. The molecule has 1 atom stereocenters. The topological polar surface area (TPSA) is 26.3 Å². The summed E-state index contributed by atoms with van der Waals surface area (Å²) in [6.07, 6.45) is 2.03. The molecule has 0 saturated heterocycles. The van der Waals surface area contributed by atoms with Gasteiger partial charge in [0.2, 0.25) is 0 Å². The molecule has 0 aromatic heterocycles. The van der Waals surface area contributed by atoms with Crippen molar-refractivity contribution in [3.8, 4) is 0 Å². The Morgan fingerprint density at radius 1 is 2.00 bits per heavy atom. The molecule has 0 radical (unpaired) electrons. The molecule has 0 spiro atoms. The summed E-state index contributed by atoms with van der Waals surface area (Å²) in [5.41, 5.74) is 0. The normalized spacial score (nSPS) is 12.2. The standard InChI is InChI=1S/C6H9ClO2/c1-3-4-5(7)6(8)9-2/h3,5H,1,4H2,2H3/t5-/m1/s1. The number of allylic oxidation sites excluding steroid dienone is 1. The van der Waals surface area contributed by atoms with Crippen molar-refractivity contribution < 1.29 is 9.53 Å². The fourth-order valence-corrected chi connectivity index (χ4v) is 0.586. The Kier molecular flexibility index (Phi) is 4.14. The molecule has 0 aromatic rings. The van der Waals surface area contributed by atoms with Crippen molar-refractivity contribution in [3.63, 3.8) is 0 Å². The number of carbonyl (C=O) groups excluding carboxylic acids is 1. The van der Waals surface area contributed by atoms with Gasteiger partial charge in [-0.15, -0.1) is 18.2 Å². The minimum Gasteiger partial charge on any atom is -0.468 e. The van der Waals surface area contributed by atoms with Crippen LogP contribution < -0.4 is 0 Å². The van der Waals surface area contributed by atoms with Crippen LogP contribution in [0.25, 0.3) is 0 Å². The molecule has 0 heterocycles. The lowest BCUT2D eigenvalue weighted by molar-refractivity contribution is -0.140. The first kappa shape index (κ1) is 8.50. The molecule has 0 N–H and O–H groups in total. The second-order valence-electron chi connectivity index (χ2n) is 1.52. The summed E-state index contributed by atoms with van der Waals surface area (Å²) >= 11 is 5.49. The fraction of sp³-hybridized carbons (Fsp3) is 0.500. The SMILES string of the molecule is C=CC[C@@H](Cl)C(=O)OC. The molecule has 9 heavy (non-hydrogen) atoms. The zero-order chi connectivity index (χ0) is 7.28. The summed E-state index contributed by atoms with van der Waals surface area (Å²) in [6.45, 7) is 3.43. The molecule has 0 aromatic carbocycles. The maximum atomic E-state index is 10.5. The number of esters is 1. The maximum Gasteiger partial charge on any atom is 0.324 e. The number of halogens is 1. The van der Waals surface area contributed by atoms with Crippen molar-refractivity contribution in [2.75, 3.05) is 7.11 Å². The molecular weight excluding hydrogens is 140 g/mol. The van der Waals surface area contributed by atoms with Gasteiger partial charge in [-0.25, -0.2) is 0 Å². The van der Waals surface area contributed by atoms with Gasteiger partial charge in [0.05, 0.1) is 7.11 Å². The van der Waals surface area contributed by atoms with Gasteiger partial charge in [0.1, 0.15) is 5.38 Å². The summed E-state index contributed by atoms with van der Waals surface area (Å²) < 4.78 is 4.35.